The molecule has 2 aromatic rings. The lowest BCUT2D eigenvalue weighted by molar-refractivity contribution is 0.649. The molecule has 1 fully saturated rings. The monoisotopic (exact) mass is 283 g/mol. The van der Waals surface area contributed by atoms with E-state index in [2.05, 4.69) is 61.4 Å². The van der Waals surface area contributed by atoms with Gasteiger partial charge in [0.15, 0.2) is 0 Å². The first kappa shape index (κ1) is 14.3. The number of anilines is 1. The van der Waals surface area contributed by atoms with Gasteiger partial charge < -0.3 is 10.2 Å². The van der Waals surface area contributed by atoms with Crippen molar-refractivity contribution in [2.24, 2.45) is 0 Å². The molecule has 1 aliphatic carbocycles. The van der Waals surface area contributed by atoms with E-state index in [0.717, 1.165) is 24.5 Å². The predicted molar refractivity (Wildman–Crippen MR) is 89.8 cm³/mol. The van der Waals surface area contributed by atoms with Gasteiger partial charge in [-0.3, -0.25) is 0 Å². The van der Waals surface area contributed by atoms with Crippen LogP contribution in [0.1, 0.15) is 38.8 Å². The van der Waals surface area contributed by atoms with Gasteiger partial charge in [0.25, 0.3) is 0 Å². The highest BCUT2D eigenvalue weighted by Gasteiger charge is 2.21. The van der Waals surface area contributed by atoms with Crippen molar-refractivity contribution < 1.29 is 0 Å². The number of nitrogens with zero attached hydrogens (tertiary/aromatic N) is 2. The summed E-state index contributed by atoms with van der Waals surface area (Å²) in [6.07, 6.45) is 3.75. The summed E-state index contributed by atoms with van der Waals surface area (Å²) in [5.41, 5.74) is 1.14. The Bertz CT molecular complexity index is 619. The molecule has 112 valence electrons. The Morgan fingerprint density at radius 1 is 1.33 bits per heavy atom. The van der Waals surface area contributed by atoms with Gasteiger partial charge in [-0.05, 0) is 37.6 Å². The fourth-order valence-corrected chi connectivity index (χ4v) is 2.61. The van der Waals surface area contributed by atoms with Crippen molar-refractivity contribution in [3.05, 3.63) is 36.0 Å². The van der Waals surface area contributed by atoms with Gasteiger partial charge in [0.2, 0.25) is 0 Å². The zero-order chi connectivity index (χ0) is 14.8. The van der Waals surface area contributed by atoms with E-state index in [0.29, 0.717) is 12.1 Å². The van der Waals surface area contributed by atoms with Crippen LogP contribution in [-0.2, 0) is 6.54 Å². The fraction of sp³-hybridized carbons (Fsp3) is 0.500. The molecule has 1 atom stereocenters. The molecule has 1 aliphatic rings. The minimum atomic E-state index is 0.493. The maximum Gasteiger partial charge on any atom is 0.136 e. The highest BCUT2D eigenvalue weighted by Crippen LogP contribution is 2.27. The molecule has 0 spiro atoms. The van der Waals surface area contributed by atoms with Crippen LogP contribution in [0.2, 0.25) is 0 Å². The number of hydrogen-bond acceptors (Lipinski definition) is 3. The summed E-state index contributed by atoms with van der Waals surface area (Å²) in [6, 6.07) is 12.0. The molecule has 0 saturated heterocycles. The molecule has 1 aromatic heterocycles. The standard InChI is InChI=1S/C18H25N3/c1-4-13(2)21(3)18-17-8-6-5-7-14(17)11-16(20-18)12-19-15-9-10-15/h5-8,11,13,15,19H,4,9-10,12H2,1-3H3. The molecule has 1 unspecified atom stereocenters. The summed E-state index contributed by atoms with van der Waals surface area (Å²) >= 11 is 0. The van der Waals surface area contributed by atoms with Crippen LogP contribution in [0.3, 0.4) is 0 Å². The van der Waals surface area contributed by atoms with Gasteiger partial charge >= 0.3 is 0 Å². The lowest BCUT2D eigenvalue weighted by Crippen LogP contribution is -2.29. The van der Waals surface area contributed by atoms with E-state index < -0.39 is 0 Å². The summed E-state index contributed by atoms with van der Waals surface area (Å²) < 4.78 is 0. The number of fused-ring (bicyclic) bond motifs is 1. The number of benzene rings is 1. The molecular formula is C18H25N3. The average molecular weight is 283 g/mol. The number of pyridine rings is 1. The van der Waals surface area contributed by atoms with Gasteiger partial charge in [-0.25, -0.2) is 4.98 Å². The Balaban J connectivity index is 1.97. The third-order valence-electron chi connectivity index (χ3n) is 4.51. The van der Waals surface area contributed by atoms with Gasteiger partial charge in [0.05, 0.1) is 5.69 Å². The molecule has 3 rings (SSSR count). The molecule has 21 heavy (non-hydrogen) atoms. The maximum absolute atomic E-state index is 4.93. The van der Waals surface area contributed by atoms with Gasteiger partial charge in [-0.2, -0.15) is 0 Å². The van der Waals surface area contributed by atoms with Crippen LogP contribution in [-0.4, -0.2) is 24.1 Å². The lowest BCUT2D eigenvalue weighted by Gasteiger charge is -2.26. The van der Waals surface area contributed by atoms with Crippen LogP contribution in [0.5, 0.6) is 0 Å². The van der Waals surface area contributed by atoms with Crippen molar-refractivity contribution in [2.45, 2.75) is 51.7 Å². The van der Waals surface area contributed by atoms with E-state index in [1.54, 1.807) is 0 Å². The van der Waals surface area contributed by atoms with E-state index in [1.807, 2.05) is 0 Å². The summed E-state index contributed by atoms with van der Waals surface area (Å²) in [4.78, 5) is 7.24. The zero-order valence-electron chi connectivity index (χ0n) is 13.3. The smallest absolute Gasteiger partial charge is 0.136 e. The van der Waals surface area contributed by atoms with Gasteiger partial charge in [0, 0.05) is 31.1 Å². The van der Waals surface area contributed by atoms with Gasteiger partial charge in [0.1, 0.15) is 5.82 Å². The van der Waals surface area contributed by atoms with E-state index in [9.17, 15) is 0 Å². The summed E-state index contributed by atoms with van der Waals surface area (Å²) in [7, 11) is 2.15. The predicted octanol–water partition coefficient (Wildman–Crippen LogP) is 3.72. The molecule has 0 amide bonds. The minimum Gasteiger partial charge on any atom is -0.356 e. The van der Waals surface area contributed by atoms with Crippen molar-refractivity contribution in [1.82, 2.24) is 10.3 Å². The quantitative estimate of drug-likeness (QED) is 0.875. The number of hydrogen-bond donors (Lipinski definition) is 1. The fourth-order valence-electron chi connectivity index (χ4n) is 2.61. The number of aromatic nitrogens is 1. The van der Waals surface area contributed by atoms with E-state index in [1.165, 1.54) is 23.6 Å². The first-order valence-electron chi connectivity index (χ1n) is 8.04. The Morgan fingerprint density at radius 2 is 2.10 bits per heavy atom. The third kappa shape index (κ3) is 3.18. The minimum absolute atomic E-state index is 0.493. The summed E-state index contributed by atoms with van der Waals surface area (Å²) in [5, 5.41) is 6.09. The molecule has 3 heteroatoms. The maximum atomic E-state index is 4.93. The molecule has 0 radical (unpaired) electrons. The molecule has 1 N–H and O–H groups in total. The van der Waals surface area contributed by atoms with Crippen molar-refractivity contribution in [2.75, 3.05) is 11.9 Å². The van der Waals surface area contributed by atoms with Crippen molar-refractivity contribution in [3.63, 3.8) is 0 Å². The molecular weight excluding hydrogens is 258 g/mol. The van der Waals surface area contributed by atoms with Crippen LogP contribution in [0.15, 0.2) is 30.3 Å². The largest absolute Gasteiger partial charge is 0.356 e. The van der Waals surface area contributed by atoms with Crippen LogP contribution < -0.4 is 10.2 Å². The van der Waals surface area contributed by atoms with Crippen molar-refractivity contribution >= 4 is 16.6 Å². The number of nitrogens with one attached hydrogen (secondary N) is 1. The van der Waals surface area contributed by atoms with Crippen LogP contribution >= 0.6 is 0 Å². The van der Waals surface area contributed by atoms with E-state index >= 15 is 0 Å². The second-order valence-electron chi connectivity index (χ2n) is 6.18. The van der Waals surface area contributed by atoms with Gasteiger partial charge in [-0.15, -0.1) is 0 Å². The van der Waals surface area contributed by atoms with Crippen LogP contribution in [0.4, 0.5) is 5.82 Å². The topological polar surface area (TPSA) is 28.2 Å². The van der Waals surface area contributed by atoms with E-state index in [-0.39, 0.29) is 0 Å². The molecule has 1 heterocycles. The molecule has 0 bridgehead atoms. The first-order valence-corrected chi connectivity index (χ1v) is 8.04. The first-order chi connectivity index (χ1) is 10.2. The van der Waals surface area contributed by atoms with Crippen molar-refractivity contribution in [3.8, 4) is 0 Å². The van der Waals surface area contributed by atoms with Crippen LogP contribution in [0, 0.1) is 0 Å². The SMILES string of the molecule is CCC(C)N(C)c1nc(CNC2CC2)cc2ccccc12. The Morgan fingerprint density at radius 3 is 2.81 bits per heavy atom. The second kappa shape index (κ2) is 6.02. The number of rotatable bonds is 6. The molecule has 1 saturated carbocycles. The highest BCUT2D eigenvalue weighted by atomic mass is 15.2. The van der Waals surface area contributed by atoms with Crippen molar-refractivity contribution in [1.29, 1.82) is 0 Å². The Labute approximate surface area is 127 Å². The lowest BCUT2D eigenvalue weighted by atomic mass is 10.1. The Hall–Kier alpha value is -1.61. The zero-order valence-corrected chi connectivity index (χ0v) is 13.3. The normalized spacial score (nSPS) is 16.1. The van der Waals surface area contributed by atoms with Crippen LogP contribution in [0.25, 0.3) is 10.8 Å². The highest BCUT2D eigenvalue weighted by molar-refractivity contribution is 5.92. The molecule has 0 aliphatic heterocycles. The van der Waals surface area contributed by atoms with E-state index in [4.69, 9.17) is 4.98 Å². The second-order valence-corrected chi connectivity index (χ2v) is 6.18. The Kier molecular flexibility index (Phi) is 4.11. The summed E-state index contributed by atoms with van der Waals surface area (Å²) in [5.74, 6) is 1.11. The molecule has 1 aromatic carbocycles. The third-order valence-corrected chi connectivity index (χ3v) is 4.51. The average Bonchev–Trinajstić information content (AvgIpc) is 3.35. The molecule has 3 nitrogen and oxygen atoms in total. The summed E-state index contributed by atoms with van der Waals surface area (Å²) in [6.45, 7) is 5.35. The van der Waals surface area contributed by atoms with Gasteiger partial charge in [-0.1, -0.05) is 31.2 Å².